The second kappa shape index (κ2) is 7.76. The van der Waals surface area contributed by atoms with E-state index in [2.05, 4.69) is 5.32 Å². The van der Waals surface area contributed by atoms with E-state index in [9.17, 15) is 9.59 Å². The van der Waals surface area contributed by atoms with E-state index in [0.29, 0.717) is 0 Å². The van der Waals surface area contributed by atoms with Gasteiger partial charge < -0.3 is 10.2 Å². The summed E-state index contributed by atoms with van der Waals surface area (Å²) in [5.74, 6) is 0.421. The van der Waals surface area contributed by atoms with Gasteiger partial charge in [0.1, 0.15) is 6.04 Å². The fraction of sp³-hybridized carbons (Fsp3) is 0.391. The predicted molar refractivity (Wildman–Crippen MR) is 111 cm³/mol. The second-order valence-corrected chi connectivity index (χ2v) is 7.98. The van der Waals surface area contributed by atoms with Crippen molar-refractivity contribution in [1.29, 1.82) is 0 Å². The number of nitrogens with one attached hydrogen (secondary N) is 1. The molecule has 1 fully saturated rings. The molecule has 0 spiro atoms. The predicted octanol–water partition coefficient (Wildman–Crippen LogP) is 3.62. The van der Waals surface area contributed by atoms with Crippen molar-refractivity contribution in [2.45, 2.75) is 31.7 Å². The van der Waals surface area contributed by atoms with Crippen LogP contribution in [0.5, 0.6) is 0 Å². The topological polar surface area (TPSA) is 52.7 Å². The van der Waals surface area contributed by atoms with Crippen LogP contribution in [0.1, 0.15) is 36.4 Å². The molecule has 2 aliphatic rings. The van der Waals surface area contributed by atoms with Crippen LogP contribution in [-0.4, -0.2) is 37.4 Å². The smallest absolute Gasteiger partial charge is 0.246 e. The van der Waals surface area contributed by atoms with Crippen molar-refractivity contribution in [2.24, 2.45) is 5.92 Å². The van der Waals surface area contributed by atoms with Gasteiger partial charge in [0.25, 0.3) is 0 Å². The highest BCUT2D eigenvalue weighted by Crippen LogP contribution is 2.36. The van der Waals surface area contributed by atoms with E-state index >= 15 is 0 Å². The van der Waals surface area contributed by atoms with Gasteiger partial charge in [0, 0.05) is 23.8 Å². The highest BCUT2D eigenvalue weighted by atomic mass is 16.2. The van der Waals surface area contributed by atoms with Crippen molar-refractivity contribution in [1.82, 2.24) is 4.90 Å². The summed E-state index contributed by atoms with van der Waals surface area (Å²) in [4.78, 5) is 29.4. The van der Waals surface area contributed by atoms with Gasteiger partial charge in [0.15, 0.2) is 0 Å². The number of carbonyl (C=O) groups excluding carboxylic acids is 2. The molecular formula is C23H27N3O2. The van der Waals surface area contributed by atoms with Crippen LogP contribution in [0.15, 0.2) is 48.5 Å². The molecule has 0 radical (unpaired) electrons. The first-order valence-corrected chi connectivity index (χ1v) is 10.0. The van der Waals surface area contributed by atoms with Crippen molar-refractivity contribution in [2.75, 3.05) is 30.9 Å². The van der Waals surface area contributed by atoms with Crippen LogP contribution in [0.3, 0.4) is 0 Å². The van der Waals surface area contributed by atoms with Crippen molar-refractivity contribution in [3.63, 3.8) is 0 Å². The zero-order chi connectivity index (χ0) is 19.7. The number of nitrogens with zero attached hydrogens (tertiary/aromatic N) is 2. The van der Waals surface area contributed by atoms with E-state index in [1.807, 2.05) is 72.4 Å². The van der Waals surface area contributed by atoms with E-state index in [0.717, 1.165) is 54.7 Å². The largest absolute Gasteiger partial charge is 0.324 e. The standard InChI is InChI=1S/C23H27N3O2/c1-25(2)21(16-7-4-3-5-8-16)22(27)24-19-12-13-20-18(15-19)9-6-14-26(20)23(28)17-10-11-17/h3-5,7-8,12-13,15,17,21H,6,9-11,14H2,1-2H3,(H,24,27). The Kier molecular flexibility index (Phi) is 5.18. The van der Waals surface area contributed by atoms with Crippen LogP contribution in [-0.2, 0) is 16.0 Å². The second-order valence-electron chi connectivity index (χ2n) is 7.98. The van der Waals surface area contributed by atoms with Gasteiger partial charge in [-0.1, -0.05) is 30.3 Å². The first-order chi connectivity index (χ1) is 13.5. The van der Waals surface area contributed by atoms with Crippen LogP contribution in [0.4, 0.5) is 11.4 Å². The lowest BCUT2D eigenvalue weighted by atomic mass is 10.00. The third-order valence-electron chi connectivity index (χ3n) is 5.54. The first-order valence-electron chi connectivity index (χ1n) is 10.0. The van der Waals surface area contributed by atoms with Crippen LogP contribution in [0, 0.1) is 5.92 Å². The van der Waals surface area contributed by atoms with Gasteiger partial charge in [-0.25, -0.2) is 0 Å². The number of hydrogen-bond donors (Lipinski definition) is 1. The molecule has 0 saturated heterocycles. The van der Waals surface area contributed by atoms with Gasteiger partial charge in [-0.05, 0) is 69.1 Å². The summed E-state index contributed by atoms with van der Waals surface area (Å²) >= 11 is 0. The van der Waals surface area contributed by atoms with E-state index in [-0.39, 0.29) is 23.8 Å². The summed E-state index contributed by atoms with van der Waals surface area (Å²) < 4.78 is 0. The van der Waals surface area contributed by atoms with Crippen molar-refractivity contribution < 1.29 is 9.59 Å². The monoisotopic (exact) mass is 377 g/mol. The molecule has 28 heavy (non-hydrogen) atoms. The minimum Gasteiger partial charge on any atom is -0.324 e. The SMILES string of the molecule is CN(C)C(C(=O)Nc1ccc2c(c1)CCCN2C(=O)C1CC1)c1ccccc1. The zero-order valence-corrected chi connectivity index (χ0v) is 16.5. The average Bonchev–Trinajstić information content (AvgIpc) is 3.53. The van der Waals surface area contributed by atoms with Crippen LogP contribution < -0.4 is 10.2 Å². The molecule has 146 valence electrons. The third-order valence-corrected chi connectivity index (χ3v) is 5.54. The molecule has 2 aromatic rings. The van der Waals surface area contributed by atoms with Gasteiger partial charge >= 0.3 is 0 Å². The van der Waals surface area contributed by atoms with Crippen molar-refractivity contribution in [3.8, 4) is 0 Å². The molecule has 5 nitrogen and oxygen atoms in total. The number of likely N-dealkylation sites (N-methyl/N-ethyl adjacent to an activating group) is 1. The molecule has 1 N–H and O–H groups in total. The lowest BCUT2D eigenvalue weighted by Gasteiger charge is -2.30. The Morgan fingerprint density at radius 2 is 1.86 bits per heavy atom. The summed E-state index contributed by atoms with van der Waals surface area (Å²) in [5, 5.41) is 3.07. The maximum atomic E-state index is 13.0. The van der Waals surface area contributed by atoms with Gasteiger partial charge in [0.05, 0.1) is 0 Å². The fourth-order valence-corrected chi connectivity index (χ4v) is 3.98. The maximum absolute atomic E-state index is 13.0. The van der Waals surface area contributed by atoms with E-state index in [1.165, 1.54) is 0 Å². The average molecular weight is 377 g/mol. The number of anilines is 2. The Morgan fingerprint density at radius 1 is 1.11 bits per heavy atom. The lowest BCUT2D eigenvalue weighted by Crippen LogP contribution is -2.36. The Balaban J connectivity index is 1.53. The maximum Gasteiger partial charge on any atom is 0.246 e. The molecule has 0 aromatic heterocycles. The highest BCUT2D eigenvalue weighted by Gasteiger charge is 2.35. The molecule has 1 saturated carbocycles. The summed E-state index contributed by atoms with van der Waals surface area (Å²) in [6.07, 6.45) is 3.94. The summed E-state index contributed by atoms with van der Waals surface area (Å²) in [7, 11) is 3.82. The number of aryl methyl sites for hydroxylation is 1. The van der Waals surface area contributed by atoms with Crippen LogP contribution >= 0.6 is 0 Å². The van der Waals surface area contributed by atoms with Crippen LogP contribution in [0.25, 0.3) is 0 Å². The number of rotatable bonds is 5. The third kappa shape index (κ3) is 3.80. The zero-order valence-electron chi connectivity index (χ0n) is 16.5. The summed E-state index contributed by atoms with van der Waals surface area (Å²) in [6, 6.07) is 15.4. The molecule has 2 aromatic carbocycles. The molecule has 1 aliphatic carbocycles. The summed E-state index contributed by atoms with van der Waals surface area (Å²) in [5.41, 5.74) is 3.89. The normalized spacial score (nSPS) is 17.2. The number of benzene rings is 2. The fourth-order valence-electron chi connectivity index (χ4n) is 3.98. The number of carbonyl (C=O) groups is 2. The van der Waals surface area contributed by atoms with Gasteiger partial charge in [0.2, 0.25) is 11.8 Å². The Morgan fingerprint density at radius 3 is 2.54 bits per heavy atom. The van der Waals surface area contributed by atoms with Gasteiger partial charge in [-0.15, -0.1) is 0 Å². The minimum absolute atomic E-state index is 0.0575. The van der Waals surface area contributed by atoms with Crippen molar-refractivity contribution >= 4 is 23.2 Å². The highest BCUT2D eigenvalue weighted by molar-refractivity contribution is 5.99. The molecule has 5 heteroatoms. The number of fused-ring (bicyclic) bond motifs is 1. The molecule has 0 bridgehead atoms. The van der Waals surface area contributed by atoms with Gasteiger partial charge in [-0.2, -0.15) is 0 Å². The lowest BCUT2D eigenvalue weighted by molar-refractivity contribution is -0.121. The Labute approximate surface area is 166 Å². The van der Waals surface area contributed by atoms with E-state index in [4.69, 9.17) is 0 Å². The van der Waals surface area contributed by atoms with Crippen molar-refractivity contribution in [3.05, 3.63) is 59.7 Å². The van der Waals surface area contributed by atoms with Gasteiger partial charge in [-0.3, -0.25) is 14.5 Å². The summed E-state index contributed by atoms with van der Waals surface area (Å²) in [6.45, 7) is 0.796. The van der Waals surface area contributed by atoms with E-state index < -0.39 is 0 Å². The Bertz CT molecular complexity index is 875. The molecule has 1 heterocycles. The molecule has 2 amide bonds. The first kappa shape index (κ1) is 18.7. The number of hydrogen-bond acceptors (Lipinski definition) is 3. The molecule has 1 aliphatic heterocycles. The number of amides is 2. The Hall–Kier alpha value is -2.66. The molecule has 4 rings (SSSR count). The van der Waals surface area contributed by atoms with Crippen LogP contribution in [0.2, 0.25) is 0 Å². The van der Waals surface area contributed by atoms with E-state index in [1.54, 1.807) is 0 Å². The quantitative estimate of drug-likeness (QED) is 0.866. The minimum atomic E-state index is -0.356. The molecular weight excluding hydrogens is 350 g/mol. The molecule has 1 atom stereocenters. The molecule has 1 unspecified atom stereocenters.